The van der Waals surface area contributed by atoms with Crippen molar-refractivity contribution in [3.05, 3.63) is 83.4 Å². The first-order valence-corrected chi connectivity index (χ1v) is 9.42. The van der Waals surface area contributed by atoms with E-state index in [1.54, 1.807) is 36.4 Å². The fourth-order valence-corrected chi connectivity index (χ4v) is 2.99. The molecule has 0 aliphatic rings. The lowest BCUT2D eigenvalue weighted by molar-refractivity contribution is -0.168. The van der Waals surface area contributed by atoms with E-state index >= 15 is 0 Å². The minimum atomic E-state index is -4.23. The van der Waals surface area contributed by atoms with Crippen molar-refractivity contribution < 1.29 is 31.8 Å². The van der Waals surface area contributed by atoms with E-state index in [1.165, 1.54) is 13.2 Å². The van der Waals surface area contributed by atoms with Gasteiger partial charge in [0.05, 0.1) is 13.7 Å². The van der Waals surface area contributed by atoms with E-state index in [0.717, 1.165) is 10.8 Å². The minimum Gasteiger partial charge on any atom is -0.496 e. The molecule has 0 N–H and O–H groups in total. The molecule has 0 fully saturated rings. The molecule has 7 heteroatoms. The number of fused-ring (bicyclic) bond motifs is 1. The predicted octanol–water partition coefficient (Wildman–Crippen LogP) is 6.16. The van der Waals surface area contributed by atoms with Crippen LogP contribution in [-0.4, -0.2) is 31.8 Å². The third-order valence-electron chi connectivity index (χ3n) is 4.64. The van der Waals surface area contributed by atoms with E-state index in [-0.39, 0.29) is 12.4 Å². The van der Waals surface area contributed by atoms with Crippen LogP contribution in [0.3, 0.4) is 0 Å². The molecule has 0 saturated carbocycles. The number of rotatable bonds is 9. The van der Waals surface area contributed by atoms with E-state index < -0.39 is 19.0 Å². The third-order valence-corrected chi connectivity index (χ3v) is 4.64. The highest BCUT2D eigenvalue weighted by Gasteiger charge is 2.40. The van der Waals surface area contributed by atoms with Crippen molar-refractivity contribution in [2.45, 2.75) is 19.0 Å². The standard InChI is InChI=1S/C24H20F4O3/c1-30-22-11-7-16(12-20(22)14-31-15-24(27,28)23(25)26)6-10-21(29)19-9-8-17-4-2-3-5-18(17)13-19/h2-13,23H,14-15H2,1H3/b10-6+. The number of hydrogen-bond acceptors (Lipinski definition) is 3. The van der Waals surface area contributed by atoms with Gasteiger partial charge in [-0.1, -0.05) is 48.5 Å². The molecule has 31 heavy (non-hydrogen) atoms. The molecule has 3 aromatic carbocycles. The van der Waals surface area contributed by atoms with E-state index in [4.69, 9.17) is 9.47 Å². The van der Waals surface area contributed by atoms with Gasteiger partial charge >= 0.3 is 12.3 Å². The Morgan fingerprint density at radius 1 is 1.03 bits per heavy atom. The molecule has 0 atom stereocenters. The van der Waals surface area contributed by atoms with Gasteiger partial charge in [-0.3, -0.25) is 4.79 Å². The van der Waals surface area contributed by atoms with Gasteiger partial charge in [0, 0.05) is 11.1 Å². The molecule has 0 aliphatic heterocycles. The van der Waals surface area contributed by atoms with Gasteiger partial charge in [-0.15, -0.1) is 0 Å². The molecule has 162 valence electrons. The summed E-state index contributed by atoms with van der Waals surface area (Å²) in [6.45, 7) is -1.75. The fourth-order valence-electron chi connectivity index (χ4n) is 2.99. The number of carbonyl (C=O) groups excluding carboxylic acids is 1. The monoisotopic (exact) mass is 432 g/mol. The number of ketones is 1. The summed E-state index contributed by atoms with van der Waals surface area (Å²) >= 11 is 0. The Bertz CT molecular complexity index is 1090. The van der Waals surface area contributed by atoms with Gasteiger partial charge in [0.15, 0.2) is 5.78 Å². The molecule has 0 aliphatic carbocycles. The molecular formula is C24H20F4O3. The average Bonchev–Trinajstić information content (AvgIpc) is 2.77. The number of hydrogen-bond donors (Lipinski definition) is 0. The molecule has 0 aromatic heterocycles. The van der Waals surface area contributed by atoms with Crippen LogP contribution >= 0.6 is 0 Å². The zero-order valence-electron chi connectivity index (χ0n) is 16.7. The summed E-state index contributed by atoms with van der Waals surface area (Å²) < 4.78 is 60.5. The Morgan fingerprint density at radius 3 is 2.48 bits per heavy atom. The summed E-state index contributed by atoms with van der Waals surface area (Å²) in [7, 11) is 1.39. The molecule has 3 rings (SSSR count). The van der Waals surface area contributed by atoms with Gasteiger partial charge in [0.2, 0.25) is 0 Å². The van der Waals surface area contributed by atoms with E-state index in [1.807, 2.05) is 30.3 Å². The fraction of sp³-hybridized carbons (Fsp3) is 0.208. The summed E-state index contributed by atoms with van der Waals surface area (Å²) in [5.74, 6) is -4.06. The number of halogens is 4. The molecule has 0 radical (unpaired) electrons. The smallest absolute Gasteiger partial charge is 0.330 e. The summed E-state index contributed by atoms with van der Waals surface area (Å²) in [4.78, 5) is 12.5. The van der Waals surface area contributed by atoms with Gasteiger partial charge < -0.3 is 9.47 Å². The van der Waals surface area contributed by atoms with E-state index in [9.17, 15) is 22.4 Å². The van der Waals surface area contributed by atoms with Crippen molar-refractivity contribution in [2.24, 2.45) is 0 Å². The Balaban J connectivity index is 1.72. The number of methoxy groups -OCH3 is 1. The van der Waals surface area contributed by atoms with Crippen LogP contribution in [0.25, 0.3) is 16.8 Å². The van der Waals surface area contributed by atoms with Crippen molar-refractivity contribution in [3.8, 4) is 5.75 Å². The van der Waals surface area contributed by atoms with Crippen molar-refractivity contribution in [1.82, 2.24) is 0 Å². The van der Waals surface area contributed by atoms with Crippen LogP contribution in [0.15, 0.2) is 66.7 Å². The quantitative estimate of drug-likeness (QED) is 0.231. The Morgan fingerprint density at radius 2 is 1.77 bits per heavy atom. The maximum absolute atomic E-state index is 13.0. The highest BCUT2D eigenvalue weighted by molar-refractivity contribution is 6.08. The largest absolute Gasteiger partial charge is 0.496 e. The third kappa shape index (κ3) is 5.70. The van der Waals surface area contributed by atoms with Crippen LogP contribution in [0.2, 0.25) is 0 Å². The molecule has 0 amide bonds. The highest BCUT2D eigenvalue weighted by Crippen LogP contribution is 2.26. The van der Waals surface area contributed by atoms with Crippen LogP contribution in [0.4, 0.5) is 17.6 Å². The van der Waals surface area contributed by atoms with Crippen LogP contribution < -0.4 is 4.74 Å². The molecule has 0 bridgehead atoms. The van der Waals surface area contributed by atoms with Gasteiger partial charge in [-0.05, 0) is 40.6 Å². The van der Waals surface area contributed by atoms with Crippen LogP contribution in [0, 0.1) is 0 Å². The molecule has 0 saturated heterocycles. The van der Waals surface area contributed by atoms with Crippen LogP contribution in [0.5, 0.6) is 5.75 Å². The number of ether oxygens (including phenoxy) is 2. The Hall–Kier alpha value is -3.19. The number of carbonyl (C=O) groups is 1. The van der Waals surface area contributed by atoms with Crippen molar-refractivity contribution in [1.29, 1.82) is 0 Å². The molecule has 3 aromatic rings. The summed E-state index contributed by atoms with van der Waals surface area (Å²) in [6.07, 6.45) is -0.819. The van der Waals surface area contributed by atoms with Crippen LogP contribution in [0.1, 0.15) is 21.5 Å². The molecule has 0 spiro atoms. The van der Waals surface area contributed by atoms with Crippen LogP contribution in [-0.2, 0) is 11.3 Å². The lowest BCUT2D eigenvalue weighted by atomic mass is 10.0. The van der Waals surface area contributed by atoms with Crippen molar-refractivity contribution in [3.63, 3.8) is 0 Å². The van der Waals surface area contributed by atoms with Gasteiger partial charge in [0.1, 0.15) is 12.4 Å². The van der Waals surface area contributed by atoms with Gasteiger partial charge in [-0.25, -0.2) is 8.78 Å². The first kappa shape index (κ1) is 22.5. The second-order valence-corrected chi connectivity index (χ2v) is 6.89. The summed E-state index contributed by atoms with van der Waals surface area (Å²) in [5, 5.41) is 1.98. The SMILES string of the molecule is COc1ccc(/C=C/C(=O)c2ccc3ccccc3c2)cc1COCC(F)(F)C(F)F. The molecule has 0 unspecified atom stereocenters. The Labute approximate surface area is 176 Å². The molecule has 3 nitrogen and oxygen atoms in total. The molecular weight excluding hydrogens is 412 g/mol. The number of alkyl halides is 4. The van der Waals surface area contributed by atoms with Gasteiger partial charge in [-0.2, -0.15) is 8.78 Å². The number of allylic oxidation sites excluding steroid dienone is 1. The second-order valence-electron chi connectivity index (χ2n) is 6.89. The summed E-state index contributed by atoms with van der Waals surface area (Å²) in [5.41, 5.74) is 1.53. The Kier molecular flexibility index (Phi) is 7.07. The molecule has 0 heterocycles. The first-order valence-electron chi connectivity index (χ1n) is 9.42. The zero-order valence-corrected chi connectivity index (χ0v) is 16.7. The minimum absolute atomic E-state index is 0.198. The normalized spacial score (nSPS) is 12.1. The maximum Gasteiger partial charge on any atom is 0.330 e. The first-order chi connectivity index (χ1) is 14.8. The lowest BCUT2D eigenvalue weighted by Gasteiger charge is -2.16. The van der Waals surface area contributed by atoms with E-state index in [0.29, 0.717) is 22.4 Å². The lowest BCUT2D eigenvalue weighted by Crippen LogP contribution is -2.32. The van der Waals surface area contributed by atoms with Crippen molar-refractivity contribution in [2.75, 3.05) is 13.7 Å². The predicted molar refractivity (Wildman–Crippen MR) is 111 cm³/mol. The maximum atomic E-state index is 13.0. The zero-order chi connectivity index (χ0) is 22.4. The average molecular weight is 432 g/mol. The highest BCUT2D eigenvalue weighted by atomic mass is 19.3. The summed E-state index contributed by atoms with van der Waals surface area (Å²) in [6, 6.07) is 18.0. The topological polar surface area (TPSA) is 35.5 Å². The second kappa shape index (κ2) is 9.75. The number of benzene rings is 3. The van der Waals surface area contributed by atoms with E-state index in [2.05, 4.69) is 0 Å². The van der Waals surface area contributed by atoms with Crippen molar-refractivity contribution >= 4 is 22.6 Å². The van der Waals surface area contributed by atoms with Gasteiger partial charge in [0.25, 0.3) is 0 Å².